The Morgan fingerprint density at radius 2 is 2.14 bits per heavy atom. The van der Waals surface area contributed by atoms with Crippen LogP contribution < -0.4 is 0 Å². The number of Topliss-reactive ketones (excluding diaryl/α,β-unsaturated/α-hetero) is 1. The van der Waals surface area contributed by atoms with Crippen molar-refractivity contribution in [2.75, 3.05) is 20.6 Å². The average molecular weight is 214 g/mol. The van der Waals surface area contributed by atoms with E-state index in [1.165, 1.54) is 0 Å². The van der Waals surface area contributed by atoms with Crippen LogP contribution in [0.2, 0.25) is 5.02 Å². The Kier molecular flexibility index (Phi) is 3.49. The summed E-state index contributed by atoms with van der Waals surface area (Å²) in [5.41, 5.74) is 0.270. The molecule has 0 atom stereocenters. The molecule has 0 bridgehead atoms. The van der Waals surface area contributed by atoms with Gasteiger partial charge >= 0.3 is 0 Å². The molecular weight excluding hydrogens is 202 g/mol. The fourth-order valence-electron chi connectivity index (χ4n) is 1.11. The summed E-state index contributed by atoms with van der Waals surface area (Å²) >= 11 is 5.68. The molecule has 0 radical (unpaired) electrons. The van der Waals surface area contributed by atoms with Gasteiger partial charge in [-0.15, -0.1) is 0 Å². The van der Waals surface area contributed by atoms with E-state index in [1.54, 1.807) is 37.2 Å². The second-order valence-electron chi connectivity index (χ2n) is 3.30. The average Bonchev–Trinajstić information content (AvgIpc) is 2.08. The lowest BCUT2D eigenvalue weighted by Crippen LogP contribution is -2.21. The third kappa shape index (κ3) is 2.47. The molecule has 0 aliphatic heterocycles. The number of para-hydroxylation sites is 1. The molecule has 0 aliphatic carbocycles. The zero-order chi connectivity index (χ0) is 10.7. The Morgan fingerprint density at radius 3 is 2.71 bits per heavy atom. The minimum atomic E-state index is -0.144. The molecule has 76 valence electrons. The molecule has 1 rings (SSSR count). The van der Waals surface area contributed by atoms with Crippen molar-refractivity contribution in [1.82, 2.24) is 4.90 Å². The van der Waals surface area contributed by atoms with Gasteiger partial charge in [0.2, 0.25) is 0 Å². The predicted molar refractivity (Wildman–Crippen MR) is 56.0 cm³/mol. The summed E-state index contributed by atoms with van der Waals surface area (Å²) in [6.45, 7) is 0.258. The molecule has 1 N–H and O–H groups in total. The molecular formula is C10H12ClNO2. The van der Waals surface area contributed by atoms with Crippen LogP contribution in [0.5, 0.6) is 5.75 Å². The summed E-state index contributed by atoms with van der Waals surface area (Å²) < 4.78 is 0. The van der Waals surface area contributed by atoms with E-state index in [0.717, 1.165) is 0 Å². The molecule has 3 nitrogen and oxygen atoms in total. The van der Waals surface area contributed by atoms with Crippen molar-refractivity contribution >= 4 is 17.4 Å². The van der Waals surface area contributed by atoms with Crippen LogP contribution in [0.3, 0.4) is 0 Å². The number of phenolic OH excluding ortho intramolecular Hbond substituents is 1. The first-order valence-corrected chi connectivity index (χ1v) is 4.55. The largest absolute Gasteiger partial charge is 0.506 e. The number of likely N-dealkylation sites (N-methyl/N-ethyl adjacent to an activating group) is 1. The van der Waals surface area contributed by atoms with Gasteiger partial charge < -0.3 is 10.0 Å². The Labute approximate surface area is 87.9 Å². The monoisotopic (exact) mass is 213 g/mol. The number of hydrogen-bond acceptors (Lipinski definition) is 3. The van der Waals surface area contributed by atoms with Gasteiger partial charge in [-0.3, -0.25) is 4.79 Å². The molecule has 1 aromatic rings. The lowest BCUT2D eigenvalue weighted by atomic mass is 10.1. The standard InChI is InChI=1S/C10H12ClNO2/c1-12(2)6-9(13)7-4-3-5-8(11)10(7)14/h3-5,14H,6H2,1-2H3. The Morgan fingerprint density at radius 1 is 1.50 bits per heavy atom. The van der Waals surface area contributed by atoms with Gasteiger partial charge in [-0.05, 0) is 26.2 Å². The van der Waals surface area contributed by atoms with Crippen LogP contribution in [0, 0.1) is 0 Å². The van der Waals surface area contributed by atoms with Crippen molar-refractivity contribution < 1.29 is 9.90 Å². The van der Waals surface area contributed by atoms with Gasteiger partial charge in [0.1, 0.15) is 5.75 Å². The molecule has 0 saturated carbocycles. The maximum Gasteiger partial charge on any atom is 0.180 e. The minimum Gasteiger partial charge on any atom is -0.506 e. The van der Waals surface area contributed by atoms with E-state index in [2.05, 4.69) is 0 Å². The zero-order valence-electron chi connectivity index (χ0n) is 8.12. The van der Waals surface area contributed by atoms with Crippen LogP contribution in [0.15, 0.2) is 18.2 Å². The van der Waals surface area contributed by atoms with E-state index in [9.17, 15) is 9.90 Å². The highest BCUT2D eigenvalue weighted by Crippen LogP contribution is 2.27. The Hall–Kier alpha value is -1.06. The maximum absolute atomic E-state index is 11.6. The SMILES string of the molecule is CN(C)CC(=O)c1cccc(Cl)c1O. The van der Waals surface area contributed by atoms with E-state index in [4.69, 9.17) is 11.6 Å². The minimum absolute atomic E-state index is 0.138. The summed E-state index contributed by atoms with van der Waals surface area (Å²) in [6, 6.07) is 4.75. The van der Waals surface area contributed by atoms with Crippen LogP contribution in [-0.2, 0) is 0 Å². The molecule has 0 aliphatic rings. The van der Waals surface area contributed by atoms with Crippen molar-refractivity contribution in [3.8, 4) is 5.75 Å². The van der Waals surface area contributed by atoms with Gasteiger partial charge in [-0.25, -0.2) is 0 Å². The second-order valence-corrected chi connectivity index (χ2v) is 3.70. The summed E-state index contributed by atoms with van der Waals surface area (Å²) in [7, 11) is 3.58. The smallest absolute Gasteiger partial charge is 0.180 e. The van der Waals surface area contributed by atoms with Gasteiger partial charge in [0, 0.05) is 0 Å². The summed E-state index contributed by atoms with van der Waals surface area (Å²) in [5.74, 6) is -0.281. The third-order valence-corrected chi connectivity index (χ3v) is 2.05. The van der Waals surface area contributed by atoms with Gasteiger partial charge in [-0.1, -0.05) is 17.7 Å². The molecule has 0 unspecified atom stereocenters. The molecule has 0 saturated heterocycles. The molecule has 0 heterocycles. The number of benzene rings is 1. The fourth-order valence-corrected chi connectivity index (χ4v) is 1.29. The fraction of sp³-hybridized carbons (Fsp3) is 0.300. The highest BCUT2D eigenvalue weighted by Gasteiger charge is 2.13. The number of aromatic hydroxyl groups is 1. The van der Waals surface area contributed by atoms with Gasteiger partial charge in [0.05, 0.1) is 17.1 Å². The Bertz CT molecular complexity index is 350. The van der Waals surface area contributed by atoms with E-state index < -0.39 is 0 Å². The molecule has 0 amide bonds. The number of ketones is 1. The number of carbonyl (C=O) groups is 1. The van der Waals surface area contributed by atoms with Gasteiger partial charge in [0.25, 0.3) is 0 Å². The first kappa shape index (κ1) is 11.0. The van der Waals surface area contributed by atoms with Gasteiger partial charge in [-0.2, -0.15) is 0 Å². The van der Waals surface area contributed by atoms with Crippen LogP contribution in [-0.4, -0.2) is 36.4 Å². The molecule has 0 fully saturated rings. The van der Waals surface area contributed by atoms with Crippen molar-refractivity contribution in [3.63, 3.8) is 0 Å². The second kappa shape index (κ2) is 4.44. The predicted octanol–water partition coefficient (Wildman–Crippen LogP) is 1.79. The molecule has 1 aromatic carbocycles. The first-order chi connectivity index (χ1) is 6.52. The van der Waals surface area contributed by atoms with Crippen molar-refractivity contribution in [2.24, 2.45) is 0 Å². The van der Waals surface area contributed by atoms with E-state index in [1.807, 2.05) is 0 Å². The third-order valence-electron chi connectivity index (χ3n) is 1.75. The number of carbonyl (C=O) groups excluding carboxylic acids is 1. The lowest BCUT2D eigenvalue weighted by Gasteiger charge is -2.09. The highest BCUT2D eigenvalue weighted by atomic mass is 35.5. The maximum atomic E-state index is 11.6. The Balaban J connectivity index is 2.96. The van der Waals surface area contributed by atoms with Crippen LogP contribution in [0.4, 0.5) is 0 Å². The summed E-state index contributed by atoms with van der Waals surface area (Å²) in [6.07, 6.45) is 0. The summed E-state index contributed by atoms with van der Waals surface area (Å²) in [4.78, 5) is 13.3. The molecule has 0 aromatic heterocycles. The highest BCUT2D eigenvalue weighted by molar-refractivity contribution is 6.32. The zero-order valence-corrected chi connectivity index (χ0v) is 8.88. The van der Waals surface area contributed by atoms with Gasteiger partial charge in [0.15, 0.2) is 5.78 Å². The van der Waals surface area contributed by atoms with Crippen molar-refractivity contribution in [1.29, 1.82) is 0 Å². The van der Waals surface area contributed by atoms with Crippen LogP contribution >= 0.6 is 11.6 Å². The molecule has 14 heavy (non-hydrogen) atoms. The normalized spacial score (nSPS) is 10.6. The van der Waals surface area contributed by atoms with E-state index >= 15 is 0 Å². The van der Waals surface area contributed by atoms with E-state index in [-0.39, 0.29) is 28.7 Å². The van der Waals surface area contributed by atoms with Crippen LogP contribution in [0.1, 0.15) is 10.4 Å². The number of phenols is 1. The van der Waals surface area contributed by atoms with Crippen molar-refractivity contribution in [2.45, 2.75) is 0 Å². The lowest BCUT2D eigenvalue weighted by molar-refractivity contribution is 0.0955. The quantitative estimate of drug-likeness (QED) is 0.779. The van der Waals surface area contributed by atoms with E-state index in [0.29, 0.717) is 0 Å². The number of rotatable bonds is 3. The van der Waals surface area contributed by atoms with Crippen molar-refractivity contribution in [3.05, 3.63) is 28.8 Å². The topological polar surface area (TPSA) is 40.5 Å². The molecule has 4 heteroatoms. The number of hydrogen-bond donors (Lipinski definition) is 1. The molecule has 0 spiro atoms. The van der Waals surface area contributed by atoms with Crippen LogP contribution in [0.25, 0.3) is 0 Å². The number of nitrogens with zero attached hydrogens (tertiary/aromatic N) is 1. The summed E-state index contributed by atoms with van der Waals surface area (Å²) in [5, 5.41) is 9.71. The first-order valence-electron chi connectivity index (χ1n) is 4.17. The number of halogens is 1.